The molecule has 2 aliphatic rings. The molecule has 2 saturated carbocycles. The van der Waals surface area contributed by atoms with Crippen LogP contribution in [-0.4, -0.2) is 44.0 Å². The molecule has 34 heavy (non-hydrogen) atoms. The molecule has 2 aromatic heterocycles. The fraction of sp³-hybridized carbons (Fsp3) is 0.577. The third-order valence-corrected chi connectivity index (χ3v) is 8.25. The van der Waals surface area contributed by atoms with Crippen molar-refractivity contribution in [2.45, 2.75) is 65.1 Å². The van der Waals surface area contributed by atoms with E-state index in [1.54, 1.807) is 12.4 Å². The van der Waals surface area contributed by atoms with E-state index in [9.17, 15) is 14.7 Å². The van der Waals surface area contributed by atoms with E-state index in [0.717, 1.165) is 31.2 Å². The van der Waals surface area contributed by atoms with Crippen molar-refractivity contribution in [1.29, 1.82) is 0 Å². The van der Waals surface area contributed by atoms with Crippen molar-refractivity contribution in [3.63, 3.8) is 0 Å². The SMILES string of the molecule is C[C@H]1[C@@H]2[C@@H](O)[C@@H]([C@H](C)C(=O)NCc3cccnc3)CC[C@@]2(C)CC[C@@H]1NC(=O)c1cnccn1. The van der Waals surface area contributed by atoms with Crippen LogP contribution in [0.4, 0.5) is 0 Å². The fourth-order valence-electron chi connectivity index (χ4n) is 6.20. The quantitative estimate of drug-likeness (QED) is 0.604. The van der Waals surface area contributed by atoms with Crippen molar-refractivity contribution in [2.75, 3.05) is 0 Å². The number of aliphatic hydroxyl groups excluding tert-OH is 1. The highest BCUT2D eigenvalue weighted by Crippen LogP contribution is 2.55. The van der Waals surface area contributed by atoms with Crippen LogP contribution in [0.15, 0.2) is 43.1 Å². The first kappa shape index (κ1) is 24.3. The predicted octanol–water partition coefficient (Wildman–Crippen LogP) is 2.75. The monoisotopic (exact) mass is 465 g/mol. The molecule has 3 N–H and O–H groups in total. The number of aromatic nitrogens is 3. The number of nitrogens with one attached hydrogen (secondary N) is 2. The van der Waals surface area contributed by atoms with E-state index in [4.69, 9.17) is 0 Å². The Morgan fingerprint density at radius 1 is 1.18 bits per heavy atom. The summed E-state index contributed by atoms with van der Waals surface area (Å²) in [5.74, 6) is -0.642. The van der Waals surface area contributed by atoms with Gasteiger partial charge in [0.1, 0.15) is 5.69 Å². The van der Waals surface area contributed by atoms with Gasteiger partial charge in [0.2, 0.25) is 5.91 Å². The summed E-state index contributed by atoms with van der Waals surface area (Å²) >= 11 is 0. The Kier molecular flexibility index (Phi) is 7.26. The lowest BCUT2D eigenvalue weighted by Crippen LogP contribution is -2.58. The molecule has 0 spiro atoms. The van der Waals surface area contributed by atoms with Gasteiger partial charge in [-0.25, -0.2) is 4.98 Å². The van der Waals surface area contributed by atoms with E-state index < -0.39 is 6.10 Å². The van der Waals surface area contributed by atoms with E-state index in [1.807, 2.05) is 19.1 Å². The Morgan fingerprint density at radius 3 is 2.65 bits per heavy atom. The highest BCUT2D eigenvalue weighted by Gasteiger charge is 2.53. The number of fused-ring (bicyclic) bond motifs is 1. The number of aliphatic hydroxyl groups is 1. The zero-order valence-electron chi connectivity index (χ0n) is 20.1. The van der Waals surface area contributed by atoms with Gasteiger partial charge in [-0.05, 0) is 60.5 Å². The van der Waals surface area contributed by atoms with Crippen LogP contribution in [0.2, 0.25) is 0 Å². The molecule has 7 atom stereocenters. The minimum absolute atomic E-state index is 0.000677. The fourth-order valence-corrected chi connectivity index (χ4v) is 6.20. The molecule has 0 radical (unpaired) electrons. The van der Waals surface area contributed by atoms with E-state index in [0.29, 0.717) is 12.2 Å². The number of hydrogen-bond acceptors (Lipinski definition) is 6. The second kappa shape index (κ2) is 10.2. The largest absolute Gasteiger partial charge is 0.392 e. The van der Waals surface area contributed by atoms with Gasteiger partial charge in [0.15, 0.2) is 0 Å². The molecule has 0 aliphatic heterocycles. The molecule has 8 nitrogen and oxygen atoms in total. The molecule has 8 heteroatoms. The smallest absolute Gasteiger partial charge is 0.271 e. The lowest BCUT2D eigenvalue weighted by atomic mass is 9.51. The minimum Gasteiger partial charge on any atom is -0.392 e. The van der Waals surface area contributed by atoms with Gasteiger partial charge >= 0.3 is 0 Å². The third kappa shape index (κ3) is 4.97. The molecular formula is C26H35N5O3. The van der Waals surface area contributed by atoms with Crippen molar-refractivity contribution in [1.82, 2.24) is 25.6 Å². The number of rotatable bonds is 6. The van der Waals surface area contributed by atoms with Gasteiger partial charge in [0.25, 0.3) is 5.91 Å². The van der Waals surface area contributed by atoms with Crippen molar-refractivity contribution in [2.24, 2.45) is 29.1 Å². The van der Waals surface area contributed by atoms with E-state index in [2.05, 4.69) is 39.4 Å². The van der Waals surface area contributed by atoms with Crippen LogP contribution in [-0.2, 0) is 11.3 Å². The van der Waals surface area contributed by atoms with E-state index in [1.165, 1.54) is 18.6 Å². The van der Waals surface area contributed by atoms with Crippen molar-refractivity contribution in [3.05, 3.63) is 54.4 Å². The molecule has 2 aromatic rings. The van der Waals surface area contributed by atoms with Crippen LogP contribution in [0.1, 0.15) is 62.5 Å². The second-order valence-corrected chi connectivity index (χ2v) is 10.3. The highest BCUT2D eigenvalue weighted by atomic mass is 16.3. The summed E-state index contributed by atoms with van der Waals surface area (Å²) in [4.78, 5) is 37.8. The summed E-state index contributed by atoms with van der Waals surface area (Å²) in [6, 6.07) is 3.72. The summed E-state index contributed by atoms with van der Waals surface area (Å²) in [6.45, 7) is 6.70. The highest BCUT2D eigenvalue weighted by molar-refractivity contribution is 5.92. The Morgan fingerprint density at radius 2 is 1.94 bits per heavy atom. The Bertz CT molecular complexity index is 988. The van der Waals surface area contributed by atoms with Gasteiger partial charge < -0.3 is 15.7 Å². The molecule has 0 aromatic carbocycles. The summed E-state index contributed by atoms with van der Waals surface area (Å²) in [5.41, 5.74) is 1.24. The molecule has 182 valence electrons. The van der Waals surface area contributed by atoms with Crippen molar-refractivity contribution < 1.29 is 14.7 Å². The molecule has 0 unspecified atom stereocenters. The van der Waals surface area contributed by atoms with Gasteiger partial charge in [0, 0.05) is 43.3 Å². The summed E-state index contributed by atoms with van der Waals surface area (Å²) in [6.07, 6.45) is 10.9. The van der Waals surface area contributed by atoms with Crippen LogP contribution >= 0.6 is 0 Å². The predicted molar refractivity (Wildman–Crippen MR) is 127 cm³/mol. The first-order valence-corrected chi connectivity index (χ1v) is 12.2. The number of hydrogen-bond donors (Lipinski definition) is 3. The number of amides is 2. The lowest BCUT2D eigenvalue weighted by Gasteiger charge is -2.56. The van der Waals surface area contributed by atoms with Crippen LogP contribution in [0.5, 0.6) is 0 Å². The summed E-state index contributed by atoms with van der Waals surface area (Å²) < 4.78 is 0. The van der Waals surface area contributed by atoms with Crippen molar-refractivity contribution in [3.8, 4) is 0 Å². The summed E-state index contributed by atoms with van der Waals surface area (Å²) in [7, 11) is 0. The number of pyridine rings is 1. The Labute approximate surface area is 201 Å². The molecule has 2 heterocycles. The standard InChI is InChI=1S/C26H35N5O3/c1-16(24(33)30-14-18-5-4-10-27-13-18)19-6-8-26(3)9-7-20(17(2)22(26)23(19)32)31-25(34)21-15-28-11-12-29-21/h4-5,10-13,15-17,19-20,22-23,32H,6-9,14H2,1-3H3,(H,30,33)(H,31,34)/t16-,17+,19+,20-,22+,23-,26-/m0/s1. The zero-order valence-corrected chi connectivity index (χ0v) is 20.1. The maximum absolute atomic E-state index is 12.9. The number of carbonyl (C=O) groups is 2. The first-order chi connectivity index (χ1) is 16.3. The number of nitrogens with zero attached hydrogens (tertiary/aromatic N) is 3. The molecule has 4 rings (SSSR count). The minimum atomic E-state index is -0.607. The first-order valence-electron chi connectivity index (χ1n) is 12.2. The van der Waals surface area contributed by atoms with E-state index >= 15 is 0 Å². The molecule has 0 saturated heterocycles. The second-order valence-electron chi connectivity index (χ2n) is 10.3. The van der Waals surface area contributed by atoms with Gasteiger partial charge in [-0.3, -0.25) is 19.6 Å². The average Bonchev–Trinajstić information content (AvgIpc) is 2.85. The third-order valence-electron chi connectivity index (χ3n) is 8.25. The van der Waals surface area contributed by atoms with Crippen LogP contribution in [0.25, 0.3) is 0 Å². The van der Waals surface area contributed by atoms with Gasteiger partial charge in [-0.2, -0.15) is 0 Å². The molecule has 2 aliphatic carbocycles. The lowest BCUT2D eigenvalue weighted by molar-refractivity contribution is -0.142. The van der Waals surface area contributed by atoms with Gasteiger partial charge in [-0.15, -0.1) is 0 Å². The molecule has 2 fully saturated rings. The molecule has 0 bridgehead atoms. The van der Waals surface area contributed by atoms with Crippen LogP contribution < -0.4 is 10.6 Å². The maximum atomic E-state index is 12.9. The molecule has 2 amide bonds. The van der Waals surface area contributed by atoms with Gasteiger partial charge in [0.05, 0.1) is 12.3 Å². The van der Waals surface area contributed by atoms with Gasteiger partial charge in [-0.1, -0.05) is 26.8 Å². The average molecular weight is 466 g/mol. The summed E-state index contributed by atoms with van der Waals surface area (Å²) in [5, 5.41) is 17.7. The number of carbonyl (C=O) groups excluding carboxylic acids is 2. The zero-order chi connectivity index (χ0) is 24.3. The van der Waals surface area contributed by atoms with Crippen LogP contribution in [0, 0.1) is 29.1 Å². The molecular weight excluding hydrogens is 430 g/mol. The normalized spacial score (nSPS) is 31.7. The van der Waals surface area contributed by atoms with Crippen LogP contribution in [0.3, 0.4) is 0 Å². The maximum Gasteiger partial charge on any atom is 0.271 e. The topological polar surface area (TPSA) is 117 Å². The van der Waals surface area contributed by atoms with E-state index in [-0.39, 0.29) is 46.9 Å². The Balaban J connectivity index is 1.42. The Hall–Kier alpha value is -2.87. The van der Waals surface area contributed by atoms with Crippen molar-refractivity contribution >= 4 is 11.8 Å².